The number of aromatic amines is 1. The van der Waals surface area contributed by atoms with Gasteiger partial charge in [-0.15, -0.1) is 0 Å². The Bertz CT molecular complexity index is 1500. The monoisotopic (exact) mass is 527 g/mol. The lowest BCUT2D eigenvalue weighted by Crippen LogP contribution is -2.23. The number of Topliss-reactive ketones (excluding diaryl/α,β-unsaturated/α-hetero) is 1. The summed E-state index contributed by atoms with van der Waals surface area (Å²) in [4.78, 5) is 30.0. The van der Waals surface area contributed by atoms with E-state index in [1.807, 2.05) is 71.0 Å². The molecule has 0 unspecified atom stereocenters. The predicted molar refractivity (Wildman–Crippen MR) is 153 cm³/mol. The molecule has 0 amide bonds. The first kappa shape index (κ1) is 28.0. The zero-order valence-corrected chi connectivity index (χ0v) is 23.7. The molecule has 0 aliphatic heterocycles. The molecule has 7 heteroatoms. The minimum Gasteiger partial charge on any atom is -0.494 e. The third kappa shape index (κ3) is 7.31. The van der Waals surface area contributed by atoms with Crippen LogP contribution in [0.1, 0.15) is 73.3 Å². The van der Waals surface area contributed by atoms with Gasteiger partial charge < -0.3 is 9.47 Å². The number of aromatic nitrogens is 3. The Labute approximate surface area is 230 Å². The SMILES string of the molecule is CCc1[nH]nc2nc(-c3cc(CC(=O)c4cc(C)cc(OCCCC(=O)OC(C)(C)C)c4)ccc3C)ccc12. The Morgan fingerprint density at radius 2 is 1.79 bits per heavy atom. The fraction of sp³-hybridized carbons (Fsp3) is 0.375. The summed E-state index contributed by atoms with van der Waals surface area (Å²) in [5.74, 6) is 0.388. The molecule has 2 aromatic carbocycles. The Hall–Kier alpha value is -4.00. The highest BCUT2D eigenvalue weighted by atomic mass is 16.6. The van der Waals surface area contributed by atoms with Gasteiger partial charge in [0.15, 0.2) is 11.4 Å². The minimum absolute atomic E-state index is 0.00964. The largest absolute Gasteiger partial charge is 0.494 e. The molecule has 2 heterocycles. The zero-order valence-electron chi connectivity index (χ0n) is 23.7. The van der Waals surface area contributed by atoms with Crippen molar-refractivity contribution in [3.05, 3.63) is 76.5 Å². The summed E-state index contributed by atoms with van der Waals surface area (Å²) in [6.45, 7) is 12.0. The van der Waals surface area contributed by atoms with Crippen molar-refractivity contribution in [3.63, 3.8) is 0 Å². The van der Waals surface area contributed by atoms with E-state index in [4.69, 9.17) is 14.5 Å². The summed E-state index contributed by atoms with van der Waals surface area (Å²) >= 11 is 0. The second kappa shape index (κ2) is 11.8. The van der Waals surface area contributed by atoms with Crippen LogP contribution >= 0.6 is 0 Å². The number of fused-ring (bicyclic) bond motifs is 1. The first-order valence-electron chi connectivity index (χ1n) is 13.5. The molecule has 0 saturated carbocycles. The highest BCUT2D eigenvalue weighted by Crippen LogP contribution is 2.27. The smallest absolute Gasteiger partial charge is 0.306 e. The number of ether oxygens (including phenoxy) is 2. The topological polar surface area (TPSA) is 94.2 Å². The summed E-state index contributed by atoms with van der Waals surface area (Å²) in [5.41, 5.74) is 6.64. The zero-order chi connectivity index (χ0) is 28.2. The maximum absolute atomic E-state index is 13.3. The second-order valence-corrected chi connectivity index (χ2v) is 10.9. The number of carbonyl (C=O) groups excluding carboxylic acids is 2. The molecule has 0 aliphatic rings. The molecule has 0 spiro atoms. The van der Waals surface area contributed by atoms with Crippen molar-refractivity contribution in [2.45, 2.75) is 72.8 Å². The van der Waals surface area contributed by atoms with E-state index in [1.165, 1.54) is 0 Å². The molecule has 4 rings (SSSR count). The van der Waals surface area contributed by atoms with Crippen LogP contribution in [-0.4, -0.2) is 39.1 Å². The summed E-state index contributed by atoms with van der Waals surface area (Å²) in [5, 5.41) is 8.45. The molecule has 0 bridgehead atoms. The summed E-state index contributed by atoms with van der Waals surface area (Å²) in [7, 11) is 0. The fourth-order valence-corrected chi connectivity index (χ4v) is 4.50. The van der Waals surface area contributed by atoms with Crippen molar-refractivity contribution >= 4 is 22.8 Å². The van der Waals surface area contributed by atoms with E-state index in [9.17, 15) is 9.59 Å². The van der Waals surface area contributed by atoms with Gasteiger partial charge in [-0.2, -0.15) is 5.10 Å². The van der Waals surface area contributed by atoms with Crippen LogP contribution in [0.15, 0.2) is 48.5 Å². The molecule has 7 nitrogen and oxygen atoms in total. The van der Waals surface area contributed by atoms with Crippen LogP contribution in [0.2, 0.25) is 0 Å². The number of benzene rings is 2. The quantitative estimate of drug-likeness (QED) is 0.140. The van der Waals surface area contributed by atoms with Crippen LogP contribution < -0.4 is 4.74 Å². The number of pyridine rings is 1. The Balaban J connectivity index is 1.43. The minimum atomic E-state index is -0.496. The summed E-state index contributed by atoms with van der Waals surface area (Å²) in [6, 6.07) is 15.7. The van der Waals surface area contributed by atoms with Crippen LogP contribution in [-0.2, 0) is 22.4 Å². The average Bonchev–Trinajstić information content (AvgIpc) is 3.29. The van der Waals surface area contributed by atoms with Crippen LogP contribution in [0.5, 0.6) is 5.75 Å². The van der Waals surface area contributed by atoms with Crippen molar-refractivity contribution in [1.82, 2.24) is 15.2 Å². The van der Waals surface area contributed by atoms with Crippen molar-refractivity contribution in [1.29, 1.82) is 0 Å². The number of rotatable bonds is 10. The van der Waals surface area contributed by atoms with Crippen LogP contribution in [0, 0.1) is 13.8 Å². The highest BCUT2D eigenvalue weighted by molar-refractivity contribution is 5.98. The number of hydrogen-bond acceptors (Lipinski definition) is 6. The molecule has 204 valence electrons. The summed E-state index contributed by atoms with van der Waals surface area (Å²) in [6.07, 6.45) is 1.95. The maximum atomic E-state index is 13.3. The lowest BCUT2D eigenvalue weighted by molar-refractivity contribution is -0.155. The van der Waals surface area contributed by atoms with Gasteiger partial charge in [0.1, 0.15) is 11.4 Å². The van der Waals surface area contributed by atoms with Gasteiger partial charge in [0, 0.05) is 35.0 Å². The number of ketones is 1. The van der Waals surface area contributed by atoms with E-state index in [-0.39, 0.29) is 24.6 Å². The molecule has 2 aromatic heterocycles. The highest BCUT2D eigenvalue weighted by Gasteiger charge is 2.16. The van der Waals surface area contributed by atoms with Crippen molar-refractivity contribution in [2.75, 3.05) is 6.61 Å². The molecule has 4 aromatic rings. The third-order valence-electron chi connectivity index (χ3n) is 6.38. The van der Waals surface area contributed by atoms with E-state index in [0.717, 1.165) is 45.4 Å². The number of hydrogen-bond donors (Lipinski definition) is 1. The first-order chi connectivity index (χ1) is 18.5. The molecule has 39 heavy (non-hydrogen) atoms. The van der Waals surface area contributed by atoms with E-state index in [2.05, 4.69) is 23.2 Å². The molecule has 0 atom stereocenters. The van der Waals surface area contributed by atoms with Gasteiger partial charge in [0.2, 0.25) is 0 Å². The van der Waals surface area contributed by atoms with Crippen LogP contribution in [0.3, 0.4) is 0 Å². The van der Waals surface area contributed by atoms with E-state index >= 15 is 0 Å². The van der Waals surface area contributed by atoms with E-state index < -0.39 is 5.60 Å². The standard InChI is InChI=1S/C32H37N3O4/c1-7-27-25-12-13-28(33-31(25)35-34-27)26-17-22(11-10-21(26)3)18-29(36)23-15-20(2)16-24(19-23)38-14-8-9-30(37)39-32(4,5)6/h10-13,15-17,19H,7-9,14,18H2,1-6H3,(H,33,34,35). The first-order valence-corrected chi connectivity index (χ1v) is 13.5. The lowest BCUT2D eigenvalue weighted by atomic mass is 9.96. The molecule has 1 N–H and O–H groups in total. The van der Waals surface area contributed by atoms with Gasteiger partial charge in [-0.05, 0) is 101 Å². The molecule has 0 radical (unpaired) electrons. The number of carbonyl (C=O) groups is 2. The van der Waals surface area contributed by atoms with Gasteiger partial charge in [0.05, 0.1) is 12.3 Å². The molecule has 0 saturated heterocycles. The fourth-order valence-electron chi connectivity index (χ4n) is 4.50. The van der Waals surface area contributed by atoms with Gasteiger partial charge >= 0.3 is 5.97 Å². The molecular weight excluding hydrogens is 490 g/mol. The Morgan fingerprint density at radius 3 is 2.54 bits per heavy atom. The lowest BCUT2D eigenvalue weighted by Gasteiger charge is -2.19. The van der Waals surface area contributed by atoms with E-state index in [0.29, 0.717) is 30.0 Å². The second-order valence-electron chi connectivity index (χ2n) is 10.9. The van der Waals surface area contributed by atoms with Crippen molar-refractivity contribution in [3.8, 4) is 17.0 Å². The number of nitrogens with zero attached hydrogens (tertiary/aromatic N) is 2. The number of aryl methyl sites for hydroxylation is 3. The number of nitrogens with one attached hydrogen (secondary N) is 1. The molecule has 0 aliphatic carbocycles. The van der Waals surface area contributed by atoms with Gasteiger partial charge in [-0.25, -0.2) is 4.98 Å². The van der Waals surface area contributed by atoms with Gasteiger partial charge in [-0.3, -0.25) is 14.7 Å². The predicted octanol–water partition coefficient (Wildman–Crippen LogP) is 6.73. The maximum Gasteiger partial charge on any atom is 0.306 e. The molecule has 0 fully saturated rings. The summed E-state index contributed by atoms with van der Waals surface area (Å²) < 4.78 is 11.2. The van der Waals surface area contributed by atoms with Gasteiger partial charge in [-0.1, -0.05) is 19.1 Å². The Morgan fingerprint density at radius 1 is 1.00 bits per heavy atom. The van der Waals surface area contributed by atoms with Crippen molar-refractivity contribution < 1.29 is 19.1 Å². The van der Waals surface area contributed by atoms with Crippen LogP contribution in [0.25, 0.3) is 22.3 Å². The van der Waals surface area contributed by atoms with Crippen molar-refractivity contribution in [2.24, 2.45) is 0 Å². The average molecular weight is 528 g/mol. The van der Waals surface area contributed by atoms with Gasteiger partial charge in [0.25, 0.3) is 0 Å². The third-order valence-corrected chi connectivity index (χ3v) is 6.38. The van der Waals surface area contributed by atoms with Crippen LogP contribution in [0.4, 0.5) is 0 Å². The van der Waals surface area contributed by atoms with E-state index in [1.54, 1.807) is 6.07 Å². The number of esters is 1. The molecular formula is C32H37N3O4. The normalized spacial score (nSPS) is 11.5. The Kier molecular flexibility index (Phi) is 8.48. The number of H-pyrrole nitrogens is 1.